The molecule has 3 N–H and O–H groups in total. The van der Waals surface area contributed by atoms with E-state index in [-0.39, 0.29) is 42.8 Å². The monoisotopic (exact) mass is 416 g/mol. The normalized spacial score (nSPS) is 28.8. The van der Waals surface area contributed by atoms with Crippen molar-refractivity contribution in [2.24, 2.45) is 0 Å². The van der Waals surface area contributed by atoms with Gasteiger partial charge in [0.15, 0.2) is 0 Å². The van der Waals surface area contributed by atoms with Crippen molar-refractivity contribution in [3.63, 3.8) is 0 Å². The van der Waals surface area contributed by atoms with Crippen molar-refractivity contribution in [3.05, 3.63) is 47.3 Å². The van der Waals surface area contributed by atoms with Crippen molar-refractivity contribution >= 4 is 23.5 Å². The topological polar surface area (TPSA) is 80.0 Å². The third-order valence-corrected chi connectivity index (χ3v) is 6.48. The number of hydrogen-bond donors (Lipinski definition) is 3. The molecule has 1 saturated carbocycles. The summed E-state index contributed by atoms with van der Waals surface area (Å²) < 4.78 is 0. The molecule has 29 heavy (non-hydrogen) atoms. The number of nitrogens with zero attached hydrogens (tertiary/aromatic N) is 3. The molecule has 2 saturated heterocycles. The van der Waals surface area contributed by atoms with Crippen molar-refractivity contribution in [1.29, 1.82) is 0 Å². The third kappa shape index (κ3) is 3.56. The highest BCUT2D eigenvalue weighted by atomic mass is 35.5. The zero-order chi connectivity index (χ0) is 20.0. The van der Waals surface area contributed by atoms with Crippen molar-refractivity contribution in [2.75, 3.05) is 6.54 Å². The van der Waals surface area contributed by atoms with Crippen LogP contribution in [-0.4, -0.2) is 51.7 Å². The maximum absolute atomic E-state index is 12.8. The average Bonchev–Trinajstić information content (AvgIpc) is 3.42. The van der Waals surface area contributed by atoms with Crippen LogP contribution in [0.15, 0.2) is 36.7 Å². The summed E-state index contributed by atoms with van der Waals surface area (Å²) in [7, 11) is 0. The van der Waals surface area contributed by atoms with Crippen LogP contribution in [0.5, 0.6) is 0 Å². The van der Waals surface area contributed by atoms with Crippen molar-refractivity contribution < 1.29 is 9.59 Å². The van der Waals surface area contributed by atoms with Crippen LogP contribution in [0.4, 0.5) is 4.79 Å². The second kappa shape index (κ2) is 7.51. The molecule has 3 atom stereocenters. The first-order valence-electron chi connectivity index (χ1n) is 10.2. The Bertz CT molecular complexity index is 825. The van der Waals surface area contributed by atoms with Crippen molar-refractivity contribution in [1.82, 2.24) is 31.1 Å². The van der Waals surface area contributed by atoms with Gasteiger partial charge in [-0.2, -0.15) is 0 Å². The molecule has 9 heteroatoms. The third-order valence-electron chi connectivity index (χ3n) is 6.23. The maximum Gasteiger partial charge on any atom is 0.340 e. The first-order valence-corrected chi connectivity index (χ1v) is 10.6. The highest BCUT2D eigenvalue weighted by molar-refractivity contribution is 6.30. The predicted octanol–water partition coefficient (Wildman–Crippen LogP) is 2.07. The van der Waals surface area contributed by atoms with Gasteiger partial charge in [-0.25, -0.2) is 20.7 Å². The predicted molar refractivity (Wildman–Crippen MR) is 108 cm³/mol. The number of rotatable bonds is 4. The van der Waals surface area contributed by atoms with Crippen molar-refractivity contribution in [2.45, 2.75) is 56.4 Å². The highest BCUT2D eigenvalue weighted by Crippen LogP contribution is 2.34. The van der Waals surface area contributed by atoms with Crippen LogP contribution in [0.3, 0.4) is 0 Å². The summed E-state index contributed by atoms with van der Waals surface area (Å²) in [5.41, 5.74) is 7.89. The number of hydrogen-bond acceptors (Lipinski definition) is 5. The molecular weight excluding hydrogens is 392 g/mol. The number of halogens is 1. The number of nitrogens with one attached hydrogen (secondary N) is 3. The van der Waals surface area contributed by atoms with Gasteiger partial charge in [-0.05, 0) is 37.0 Å². The molecule has 154 valence electrons. The summed E-state index contributed by atoms with van der Waals surface area (Å²) in [5.74, 6) is -0.109. The van der Waals surface area contributed by atoms with Gasteiger partial charge in [-0.1, -0.05) is 36.6 Å². The van der Waals surface area contributed by atoms with Crippen LogP contribution in [-0.2, 0) is 4.79 Å². The fraction of sp³-hybridized carbons (Fsp3) is 0.500. The van der Waals surface area contributed by atoms with Gasteiger partial charge in [0.05, 0.1) is 12.1 Å². The van der Waals surface area contributed by atoms with E-state index in [4.69, 9.17) is 11.6 Å². The van der Waals surface area contributed by atoms with E-state index in [1.165, 1.54) is 5.01 Å². The Balaban J connectivity index is 1.24. The number of urea groups is 1. The molecule has 0 spiro atoms. The number of amides is 3. The molecule has 5 rings (SSSR count). The summed E-state index contributed by atoms with van der Waals surface area (Å²) in [5, 5.41) is 7.23. The maximum atomic E-state index is 12.8. The number of benzene rings is 1. The fourth-order valence-electron chi connectivity index (χ4n) is 4.73. The van der Waals surface area contributed by atoms with E-state index in [0.717, 1.165) is 37.7 Å². The van der Waals surface area contributed by atoms with E-state index in [0.29, 0.717) is 5.02 Å². The Morgan fingerprint density at radius 1 is 1.14 bits per heavy atom. The Morgan fingerprint density at radius 3 is 2.66 bits per heavy atom. The molecule has 3 aliphatic heterocycles. The lowest BCUT2D eigenvalue weighted by atomic mass is 10.00. The molecule has 1 aliphatic carbocycles. The first-order chi connectivity index (χ1) is 14.1. The minimum Gasteiger partial charge on any atom is -0.352 e. The van der Waals surface area contributed by atoms with Crippen LogP contribution in [0.1, 0.15) is 43.7 Å². The van der Waals surface area contributed by atoms with Gasteiger partial charge in [-0.3, -0.25) is 9.69 Å². The number of carbonyl (C=O) groups is 2. The summed E-state index contributed by atoms with van der Waals surface area (Å²) in [6.07, 6.45) is 8.64. The van der Waals surface area contributed by atoms with Crippen LogP contribution >= 0.6 is 11.6 Å². The van der Waals surface area contributed by atoms with E-state index in [2.05, 4.69) is 16.2 Å². The summed E-state index contributed by atoms with van der Waals surface area (Å²) in [4.78, 5) is 26.9. The molecule has 1 aromatic carbocycles. The van der Waals surface area contributed by atoms with Crippen molar-refractivity contribution in [3.8, 4) is 0 Å². The molecule has 1 aromatic rings. The Kier molecular flexibility index (Phi) is 4.85. The van der Waals surface area contributed by atoms with Gasteiger partial charge in [-0.15, -0.1) is 0 Å². The number of hydrazine groups is 2. The second-order valence-corrected chi connectivity index (χ2v) is 8.58. The van der Waals surface area contributed by atoms with Gasteiger partial charge in [0, 0.05) is 23.5 Å². The van der Waals surface area contributed by atoms with E-state index in [1.54, 1.807) is 11.1 Å². The van der Waals surface area contributed by atoms with Gasteiger partial charge < -0.3 is 10.3 Å². The van der Waals surface area contributed by atoms with Gasteiger partial charge in [0.2, 0.25) is 5.91 Å². The Morgan fingerprint density at radius 2 is 1.90 bits per heavy atom. The van der Waals surface area contributed by atoms with E-state index in [9.17, 15) is 9.59 Å². The van der Waals surface area contributed by atoms with E-state index < -0.39 is 0 Å². The smallest absolute Gasteiger partial charge is 0.340 e. The molecule has 3 heterocycles. The Labute approximate surface area is 174 Å². The van der Waals surface area contributed by atoms with E-state index >= 15 is 0 Å². The van der Waals surface area contributed by atoms with Gasteiger partial charge in [0.25, 0.3) is 0 Å². The van der Waals surface area contributed by atoms with E-state index in [1.807, 2.05) is 35.5 Å². The summed E-state index contributed by atoms with van der Waals surface area (Å²) in [6.45, 7) is 0.0247. The summed E-state index contributed by atoms with van der Waals surface area (Å²) >= 11 is 6.01. The minimum absolute atomic E-state index is 0.0247. The van der Waals surface area contributed by atoms with Gasteiger partial charge in [0.1, 0.15) is 12.7 Å². The lowest BCUT2D eigenvalue weighted by Gasteiger charge is -2.34. The zero-order valence-electron chi connectivity index (χ0n) is 16.1. The highest BCUT2D eigenvalue weighted by Gasteiger charge is 2.48. The standard InChI is InChI=1S/C20H25ClN6O2/c21-14-7-5-13(6-8-14)16-11-17-19-24-27(12-18(28)22-15-3-1-2-4-15)20(29)25(19)9-10-26(17)23-16/h5-10,15-17,19,23-24H,1-4,11-12H2,(H,22,28). The minimum atomic E-state index is -0.211. The molecular formula is C20H25ClN6O2. The average molecular weight is 417 g/mol. The van der Waals surface area contributed by atoms with Crippen LogP contribution in [0, 0.1) is 0 Å². The lowest BCUT2D eigenvalue weighted by Crippen LogP contribution is -2.54. The molecule has 4 aliphatic rings. The largest absolute Gasteiger partial charge is 0.352 e. The quantitative estimate of drug-likeness (QED) is 0.700. The molecule has 3 unspecified atom stereocenters. The number of carbonyl (C=O) groups excluding carboxylic acids is 2. The SMILES string of the molecule is O=C(CN1NC2C3CC(c4ccc(Cl)cc4)NN3C=CN2C1=O)NC1CCCC1. The van der Waals surface area contributed by atoms with Gasteiger partial charge >= 0.3 is 6.03 Å². The first kappa shape index (κ1) is 18.7. The second-order valence-electron chi connectivity index (χ2n) is 8.14. The van der Waals surface area contributed by atoms with Crippen LogP contribution in [0.25, 0.3) is 0 Å². The molecule has 8 nitrogen and oxygen atoms in total. The molecule has 0 bridgehead atoms. The summed E-state index contributed by atoms with van der Waals surface area (Å²) in [6, 6.07) is 8.07. The fourth-order valence-corrected chi connectivity index (χ4v) is 4.86. The zero-order valence-corrected chi connectivity index (χ0v) is 16.8. The molecule has 0 aromatic heterocycles. The molecule has 3 amide bonds. The van der Waals surface area contributed by atoms with Crippen LogP contribution < -0.4 is 16.2 Å². The molecule has 0 radical (unpaired) electrons. The molecule has 3 fully saturated rings. The number of fused-ring (bicyclic) bond motifs is 3. The Hall–Kier alpha value is -2.29. The van der Waals surface area contributed by atoms with Crippen LogP contribution in [0.2, 0.25) is 5.02 Å². The lowest BCUT2D eigenvalue weighted by molar-refractivity contribution is -0.122.